The Kier molecular flexibility index (Phi) is 5.53. The summed E-state index contributed by atoms with van der Waals surface area (Å²) in [5.41, 5.74) is 4.09. The monoisotopic (exact) mass is 375 g/mol. The van der Waals surface area contributed by atoms with Gasteiger partial charge in [0.05, 0.1) is 17.2 Å². The first-order valence-corrected chi connectivity index (χ1v) is 9.82. The lowest BCUT2D eigenvalue weighted by Gasteiger charge is -2.10. The molecule has 5 nitrogen and oxygen atoms in total. The lowest BCUT2D eigenvalue weighted by Crippen LogP contribution is -2.05. The number of rotatable bonds is 8. The number of imidazole rings is 1. The van der Waals surface area contributed by atoms with E-state index in [-0.39, 0.29) is 0 Å². The maximum absolute atomic E-state index is 5.97. The van der Waals surface area contributed by atoms with Gasteiger partial charge in [0.15, 0.2) is 0 Å². The third-order valence-corrected chi connectivity index (χ3v) is 4.75. The van der Waals surface area contributed by atoms with Crippen LogP contribution < -0.4 is 4.74 Å². The largest absolute Gasteiger partial charge is 0.489 e. The predicted molar refractivity (Wildman–Crippen MR) is 111 cm³/mol. The van der Waals surface area contributed by atoms with E-state index >= 15 is 0 Å². The van der Waals surface area contributed by atoms with Gasteiger partial charge >= 0.3 is 0 Å². The first-order valence-electron chi connectivity index (χ1n) is 9.82. The maximum Gasteiger partial charge on any atom is 0.136 e. The second-order valence-electron chi connectivity index (χ2n) is 6.76. The van der Waals surface area contributed by atoms with Gasteiger partial charge in [-0.15, -0.1) is 0 Å². The Morgan fingerprint density at radius 2 is 1.82 bits per heavy atom. The van der Waals surface area contributed by atoms with Crippen molar-refractivity contribution in [1.29, 1.82) is 0 Å². The average molecular weight is 375 g/mol. The topological polar surface area (TPSA) is 49.2 Å². The zero-order chi connectivity index (χ0) is 19.3. The average Bonchev–Trinajstić information content (AvgIpc) is 3.09. The van der Waals surface area contributed by atoms with E-state index in [1.807, 2.05) is 43.5 Å². The first kappa shape index (κ1) is 18.4. The minimum Gasteiger partial charge on any atom is -0.489 e. The van der Waals surface area contributed by atoms with Crippen molar-refractivity contribution >= 4 is 21.9 Å². The Morgan fingerprint density at radius 1 is 0.964 bits per heavy atom. The predicted octanol–water partition coefficient (Wildman–Crippen LogP) is 5.11. The van der Waals surface area contributed by atoms with E-state index in [1.54, 1.807) is 0 Å². The Balaban J connectivity index is 1.69. The smallest absolute Gasteiger partial charge is 0.136 e. The highest BCUT2D eigenvalue weighted by Crippen LogP contribution is 2.28. The van der Waals surface area contributed by atoms with Gasteiger partial charge in [-0.25, -0.2) is 4.98 Å². The summed E-state index contributed by atoms with van der Waals surface area (Å²) < 4.78 is 13.8. The molecule has 2 aromatic carbocycles. The quantitative estimate of drug-likeness (QED) is 0.429. The molecule has 0 aliphatic heterocycles. The lowest BCUT2D eigenvalue weighted by atomic mass is 10.2. The van der Waals surface area contributed by atoms with Crippen LogP contribution in [-0.4, -0.2) is 21.1 Å². The van der Waals surface area contributed by atoms with Crippen LogP contribution in [0.15, 0.2) is 54.7 Å². The summed E-state index contributed by atoms with van der Waals surface area (Å²) in [4.78, 5) is 9.38. The van der Waals surface area contributed by atoms with Gasteiger partial charge in [0.25, 0.3) is 0 Å². The molecule has 0 spiro atoms. The van der Waals surface area contributed by atoms with Crippen LogP contribution in [-0.2, 0) is 24.5 Å². The van der Waals surface area contributed by atoms with Gasteiger partial charge in [-0.1, -0.05) is 37.3 Å². The van der Waals surface area contributed by atoms with Crippen LogP contribution in [0.5, 0.6) is 5.75 Å². The third-order valence-electron chi connectivity index (χ3n) is 4.75. The molecule has 0 aliphatic carbocycles. The second-order valence-corrected chi connectivity index (χ2v) is 6.76. The normalized spacial score (nSPS) is 11.4. The zero-order valence-corrected chi connectivity index (χ0v) is 16.4. The van der Waals surface area contributed by atoms with Gasteiger partial charge in [-0.05, 0) is 31.0 Å². The maximum atomic E-state index is 5.97. The SMILES string of the molecule is CCCn1c(COCC)nc2cnc3cc(OCc4ccccc4)ccc3c21. The van der Waals surface area contributed by atoms with Crippen LogP contribution in [0.25, 0.3) is 21.9 Å². The number of nitrogens with zero attached hydrogens (tertiary/aromatic N) is 3. The van der Waals surface area contributed by atoms with Crippen molar-refractivity contribution in [3.05, 3.63) is 66.1 Å². The first-order chi connectivity index (χ1) is 13.8. The van der Waals surface area contributed by atoms with Crippen LogP contribution in [0.2, 0.25) is 0 Å². The van der Waals surface area contributed by atoms with Gasteiger partial charge in [0, 0.05) is 24.6 Å². The van der Waals surface area contributed by atoms with Gasteiger partial charge < -0.3 is 14.0 Å². The van der Waals surface area contributed by atoms with E-state index < -0.39 is 0 Å². The zero-order valence-electron chi connectivity index (χ0n) is 16.4. The van der Waals surface area contributed by atoms with Gasteiger partial charge in [-0.3, -0.25) is 4.98 Å². The molecule has 2 heterocycles. The molecule has 4 rings (SSSR count). The summed E-state index contributed by atoms with van der Waals surface area (Å²) in [6, 6.07) is 16.3. The third kappa shape index (κ3) is 3.71. The number of aryl methyl sites for hydroxylation is 1. The number of hydrogen-bond donors (Lipinski definition) is 0. The number of pyridine rings is 1. The minimum atomic E-state index is 0.519. The van der Waals surface area contributed by atoms with Crippen molar-refractivity contribution in [3.8, 4) is 5.75 Å². The summed E-state index contributed by atoms with van der Waals surface area (Å²) in [6.07, 6.45) is 2.88. The lowest BCUT2D eigenvalue weighted by molar-refractivity contribution is 0.126. The highest BCUT2D eigenvalue weighted by molar-refractivity contribution is 6.02. The molecule has 28 heavy (non-hydrogen) atoms. The molecule has 144 valence electrons. The van der Waals surface area contributed by atoms with Gasteiger partial charge in [0.1, 0.15) is 30.3 Å². The molecule has 0 unspecified atom stereocenters. The van der Waals surface area contributed by atoms with Crippen LogP contribution in [0.3, 0.4) is 0 Å². The molecule has 0 saturated carbocycles. The fourth-order valence-corrected chi connectivity index (χ4v) is 3.44. The number of benzene rings is 2. The van der Waals surface area contributed by atoms with Gasteiger partial charge in [0.2, 0.25) is 0 Å². The molecular formula is C23H25N3O2. The second kappa shape index (κ2) is 8.40. The molecule has 0 saturated heterocycles. The van der Waals surface area contributed by atoms with Crippen LogP contribution >= 0.6 is 0 Å². The Morgan fingerprint density at radius 3 is 2.61 bits per heavy atom. The fraction of sp³-hybridized carbons (Fsp3) is 0.304. The van der Waals surface area contributed by atoms with Crippen LogP contribution in [0.4, 0.5) is 0 Å². The van der Waals surface area contributed by atoms with Crippen molar-refractivity contribution in [1.82, 2.24) is 14.5 Å². The van der Waals surface area contributed by atoms with Gasteiger partial charge in [-0.2, -0.15) is 0 Å². The molecule has 0 fully saturated rings. The summed E-state index contributed by atoms with van der Waals surface area (Å²) in [7, 11) is 0. The Bertz CT molecular complexity index is 1070. The molecule has 0 amide bonds. The van der Waals surface area contributed by atoms with E-state index in [9.17, 15) is 0 Å². The standard InChI is InChI=1S/C23H25N3O2/c1-3-12-26-22(16-27-4-2)25-21-14-24-20-13-18(10-11-19(20)23(21)26)28-15-17-8-6-5-7-9-17/h5-11,13-14H,3-4,12,15-16H2,1-2H3. The molecule has 0 bridgehead atoms. The number of aromatic nitrogens is 3. The summed E-state index contributed by atoms with van der Waals surface area (Å²) in [6.45, 7) is 6.82. The number of hydrogen-bond acceptors (Lipinski definition) is 4. The summed E-state index contributed by atoms with van der Waals surface area (Å²) >= 11 is 0. The summed E-state index contributed by atoms with van der Waals surface area (Å²) in [5.74, 6) is 1.77. The number of ether oxygens (including phenoxy) is 2. The van der Waals surface area contributed by atoms with Crippen LogP contribution in [0.1, 0.15) is 31.7 Å². The van der Waals surface area contributed by atoms with Crippen molar-refractivity contribution in [2.75, 3.05) is 6.61 Å². The summed E-state index contributed by atoms with van der Waals surface area (Å²) in [5, 5.41) is 1.09. The Hall–Kier alpha value is -2.92. The van der Waals surface area contributed by atoms with Crippen LogP contribution in [0, 0.1) is 0 Å². The highest BCUT2D eigenvalue weighted by Gasteiger charge is 2.14. The Labute approximate surface area is 164 Å². The fourth-order valence-electron chi connectivity index (χ4n) is 3.44. The van der Waals surface area contributed by atoms with E-state index in [1.165, 1.54) is 0 Å². The van der Waals surface area contributed by atoms with E-state index in [0.717, 1.165) is 52.0 Å². The molecule has 0 radical (unpaired) electrons. The van der Waals surface area contributed by atoms with Crippen molar-refractivity contribution in [2.24, 2.45) is 0 Å². The highest BCUT2D eigenvalue weighted by atomic mass is 16.5. The molecular weight excluding hydrogens is 350 g/mol. The molecule has 0 atom stereocenters. The van der Waals surface area contributed by atoms with E-state index in [4.69, 9.17) is 14.5 Å². The van der Waals surface area contributed by atoms with E-state index in [0.29, 0.717) is 19.8 Å². The molecule has 0 N–H and O–H groups in total. The van der Waals surface area contributed by atoms with E-state index in [2.05, 4.69) is 34.7 Å². The van der Waals surface area contributed by atoms with Crippen molar-refractivity contribution in [2.45, 2.75) is 40.0 Å². The molecule has 0 aliphatic rings. The molecule has 2 aromatic heterocycles. The van der Waals surface area contributed by atoms with Crippen molar-refractivity contribution < 1.29 is 9.47 Å². The number of fused-ring (bicyclic) bond motifs is 3. The molecule has 4 aromatic rings. The van der Waals surface area contributed by atoms with Crippen molar-refractivity contribution in [3.63, 3.8) is 0 Å². The minimum absolute atomic E-state index is 0.519. The molecule has 5 heteroatoms.